The van der Waals surface area contributed by atoms with Gasteiger partial charge in [0.1, 0.15) is 12.4 Å². The molecule has 0 spiro atoms. The van der Waals surface area contributed by atoms with Gasteiger partial charge in [-0.05, 0) is 30.3 Å². The third kappa shape index (κ3) is 3.67. The second kappa shape index (κ2) is 7.36. The van der Waals surface area contributed by atoms with Crippen molar-refractivity contribution >= 4 is 34.9 Å². The van der Waals surface area contributed by atoms with Crippen molar-refractivity contribution in [2.24, 2.45) is 0 Å². The molecule has 0 aliphatic carbocycles. The van der Waals surface area contributed by atoms with E-state index in [9.17, 15) is 14.9 Å². The molecule has 0 bridgehead atoms. The number of carbonyl (C=O) groups is 1. The fourth-order valence-electron chi connectivity index (χ4n) is 2.82. The zero-order chi connectivity index (χ0) is 20.5. The highest BCUT2D eigenvalue weighted by molar-refractivity contribution is 6.30. The van der Waals surface area contributed by atoms with Gasteiger partial charge in [0.2, 0.25) is 5.82 Å². The van der Waals surface area contributed by atoms with E-state index in [0.717, 1.165) is 11.6 Å². The summed E-state index contributed by atoms with van der Waals surface area (Å²) in [4.78, 5) is 26.7. The van der Waals surface area contributed by atoms with Gasteiger partial charge in [0, 0.05) is 33.9 Å². The quantitative estimate of drug-likeness (QED) is 0.357. The number of hydrogen-bond acceptors (Lipinski definition) is 8. The number of nitrogens with zero attached hydrogens (tertiary/aromatic N) is 3. The number of hydrogen-bond donors (Lipinski definition) is 0. The SMILES string of the molecule is COC(=O)c1cc(-c2nc(C3=Cc4cc(Cl)ccc4OC3)no2)cc([N+](=O)[O-])c1. The molecule has 0 unspecified atom stereocenters. The van der Waals surface area contributed by atoms with Gasteiger partial charge in [0.15, 0.2) is 0 Å². The lowest BCUT2D eigenvalue weighted by molar-refractivity contribution is -0.384. The summed E-state index contributed by atoms with van der Waals surface area (Å²) in [6, 6.07) is 8.99. The molecule has 10 heteroatoms. The van der Waals surface area contributed by atoms with Crippen LogP contribution in [0.15, 0.2) is 40.9 Å². The average Bonchev–Trinajstić information content (AvgIpc) is 3.22. The number of rotatable bonds is 4. The largest absolute Gasteiger partial charge is 0.488 e. The number of fused-ring (bicyclic) bond motifs is 1. The van der Waals surface area contributed by atoms with Crippen LogP contribution in [0.4, 0.5) is 5.69 Å². The Labute approximate surface area is 168 Å². The first-order valence-electron chi connectivity index (χ1n) is 8.30. The Bertz CT molecular complexity index is 1170. The van der Waals surface area contributed by atoms with Crippen LogP contribution in [0.5, 0.6) is 5.75 Å². The average molecular weight is 414 g/mol. The summed E-state index contributed by atoms with van der Waals surface area (Å²) >= 11 is 6.02. The highest BCUT2D eigenvalue weighted by Crippen LogP contribution is 2.32. The molecule has 1 aliphatic heterocycles. The number of halogens is 1. The Morgan fingerprint density at radius 2 is 2.10 bits per heavy atom. The summed E-state index contributed by atoms with van der Waals surface area (Å²) in [6.45, 7) is 0.218. The topological polar surface area (TPSA) is 118 Å². The van der Waals surface area contributed by atoms with Crippen LogP contribution in [0, 0.1) is 10.1 Å². The van der Waals surface area contributed by atoms with Crippen LogP contribution in [-0.2, 0) is 4.74 Å². The van der Waals surface area contributed by atoms with Gasteiger partial charge < -0.3 is 14.0 Å². The molecule has 0 fully saturated rings. The second-order valence-electron chi connectivity index (χ2n) is 6.08. The summed E-state index contributed by atoms with van der Waals surface area (Å²) < 4.78 is 15.6. The van der Waals surface area contributed by atoms with Crippen molar-refractivity contribution in [3.05, 3.63) is 68.5 Å². The maximum atomic E-state index is 11.8. The van der Waals surface area contributed by atoms with Gasteiger partial charge in [-0.2, -0.15) is 4.98 Å². The minimum Gasteiger partial charge on any atom is -0.488 e. The molecule has 9 nitrogen and oxygen atoms in total. The predicted molar refractivity (Wildman–Crippen MR) is 103 cm³/mol. The van der Waals surface area contributed by atoms with Crippen LogP contribution in [-0.4, -0.2) is 34.7 Å². The van der Waals surface area contributed by atoms with Crippen molar-refractivity contribution in [1.82, 2.24) is 10.1 Å². The Morgan fingerprint density at radius 3 is 2.86 bits per heavy atom. The van der Waals surface area contributed by atoms with E-state index in [1.807, 2.05) is 6.08 Å². The number of non-ortho nitro benzene ring substituents is 1. The van der Waals surface area contributed by atoms with Crippen molar-refractivity contribution in [2.45, 2.75) is 0 Å². The van der Waals surface area contributed by atoms with Crippen molar-refractivity contribution in [3.63, 3.8) is 0 Å². The van der Waals surface area contributed by atoms with Gasteiger partial charge in [0.25, 0.3) is 11.6 Å². The molecule has 146 valence electrons. The minimum absolute atomic E-state index is 0.000217. The molecule has 3 aromatic rings. The van der Waals surface area contributed by atoms with E-state index in [1.54, 1.807) is 18.2 Å². The van der Waals surface area contributed by atoms with E-state index in [-0.39, 0.29) is 35.1 Å². The standard InChI is InChI=1S/C19H12ClN3O6/c1-27-19(24)12-5-11(7-15(8-12)23(25)26)18-21-17(22-29-18)13-4-10-6-14(20)2-3-16(10)28-9-13/h2-8H,9H2,1H3. The minimum atomic E-state index is -0.716. The molecule has 2 aromatic carbocycles. The smallest absolute Gasteiger partial charge is 0.338 e. The predicted octanol–water partition coefficient (Wildman–Crippen LogP) is 4.02. The molecule has 2 heterocycles. The van der Waals surface area contributed by atoms with Crippen molar-refractivity contribution in [2.75, 3.05) is 13.7 Å². The second-order valence-corrected chi connectivity index (χ2v) is 6.52. The van der Waals surface area contributed by atoms with Crippen LogP contribution >= 0.6 is 11.6 Å². The van der Waals surface area contributed by atoms with Crippen molar-refractivity contribution in [1.29, 1.82) is 0 Å². The number of aromatic nitrogens is 2. The van der Waals surface area contributed by atoms with Gasteiger partial charge in [-0.1, -0.05) is 16.8 Å². The van der Waals surface area contributed by atoms with E-state index in [2.05, 4.69) is 14.9 Å². The van der Waals surface area contributed by atoms with Crippen LogP contribution < -0.4 is 4.74 Å². The molecular weight excluding hydrogens is 402 g/mol. The molecule has 4 rings (SSSR count). The Hall–Kier alpha value is -3.72. The van der Waals surface area contributed by atoms with Crippen LogP contribution in [0.1, 0.15) is 21.7 Å². The molecule has 1 aliphatic rings. The van der Waals surface area contributed by atoms with Gasteiger partial charge >= 0.3 is 5.97 Å². The molecule has 0 N–H and O–H groups in total. The van der Waals surface area contributed by atoms with Gasteiger partial charge in [-0.3, -0.25) is 10.1 Å². The van der Waals surface area contributed by atoms with E-state index >= 15 is 0 Å². The molecule has 0 saturated heterocycles. The molecule has 29 heavy (non-hydrogen) atoms. The fraction of sp³-hybridized carbons (Fsp3) is 0.105. The van der Waals surface area contributed by atoms with Crippen molar-refractivity contribution < 1.29 is 23.7 Å². The van der Waals surface area contributed by atoms with E-state index in [1.165, 1.54) is 19.2 Å². The number of esters is 1. The zero-order valence-corrected chi connectivity index (χ0v) is 15.7. The number of methoxy groups -OCH3 is 1. The highest BCUT2D eigenvalue weighted by atomic mass is 35.5. The third-order valence-corrected chi connectivity index (χ3v) is 4.43. The Kier molecular flexibility index (Phi) is 4.73. The normalized spacial score (nSPS) is 12.6. The van der Waals surface area contributed by atoms with Gasteiger partial charge in [-0.15, -0.1) is 0 Å². The van der Waals surface area contributed by atoms with Crippen LogP contribution in [0.25, 0.3) is 23.1 Å². The maximum absolute atomic E-state index is 11.8. The third-order valence-electron chi connectivity index (χ3n) is 4.19. The van der Waals surface area contributed by atoms with Crippen LogP contribution in [0.3, 0.4) is 0 Å². The lowest BCUT2D eigenvalue weighted by Gasteiger charge is -2.16. The van der Waals surface area contributed by atoms with E-state index < -0.39 is 10.9 Å². The van der Waals surface area contributed by atoms with Gasteiger partial charge in [-0.25, -0.2) is 4.79 Å². The molecule has 1 aromatic heterocycles. The first kappa shape index (κ1) is 18.6. The number of nitro benzene ring substituents is 1. The molecule has 0 amide bonds. The lowest BCUT2D eigenvalue weighted by Crippen LogP contribution is -2.07. The number of ether oxygens (including phenoxy) is 2. The fourth-order valence-corrected chi connectivity index (χ4v) is 3.01. The van der Waals surface area contributed by atoms with Gasteiger partial charge in [0.05, 0.1) is 17.6 Å². The number of carbonyl (C=O) groups excluding carboxylic acids is 1. The first-order chi connectivity index (χ1) is 13.9. The summed E-state index contributed by atoms with van der Waals surface area (Å²) in [5.74, 6) is 0.248. The zero-order valence-electron chi connectivity index (χ0n) is 14.9. The monoisotopic (exact) mass is 413 g/mol. The van der Waals surface area contributed by atoms with Crippen molar-refractivity contribution in [3.8, 4) is 17.2 Å². The summed E-state index contributed by atoms with van der Waals surface area (Å²) in [7, 11) is 1.19. The van der Waals surface area contributed by atoms with Crippen LogP contribution in [0.2, 0.25) is 5.02 Å². The summed E-state index contributed by atoms with van der Waals surface area (Å²) in [6.07, 6.45) is 1.83. The first-order valence-corrected chi connectivity index (χ1v) is 8.67. The maximum Gasteiger partial charge on any atom is 0.338 e. The lowest BCUT2D eigenvalue weighted by atomic mass is 10.1. The number of nitro groups is 1. The Morgan fingerprint density at radius 1 is 1.28 bits per heavy atom. The van der Waals surface area contributed by atoms with E-state index in [4.69, 9.17) is 20.9 Å². The molecule has 0 atom stereocenters. The Balaban J connectivity index is 1.72. The molecular formula is C19H12ClN3O6. The summed E-state index contributed by atoms with van der Waals surface area (Å²) in [5.41, 5.74) is 1.34. The molecule has 0 saturated carbocycles. The highest BCUT2D eigenvalue weighted by Gasteiger charge is 2.21. The number of benzene rings is 2. The van der Waals surface area contributed by atoms with E-state index in [0.29, 0.717) is 16.3 Å². The summed E-state index contributed by atoms with van der Waals surface area (Å²) in [5, 5.41) is 15.7. The molecule has 0 radical (unpaired) electrons.